The summed E-state index contributed by atoms with van der Waals surface area (Å²) in [6.45, 7) is 5.17. The summed E-state index contributed by atoms with van der Waals surface area (Å²) in [7, 11) is 1.69. The number of fused-ring (bicyclic) bond motifs is 5. The van der Waals surface area contributed by atoms with Gasteiger partial charge >= 0.3 is 0 Å². The van der Waals surface area contributed by atoms with Gasteiger partial charge in [-0.2, -0.15) is 0 Å². The van der Waals surface area contributed by atoms with Gasteiger partial charge in [-0.05, 0) is 68.1 Å². The van der Waals surface area contributed by atoms with E-state index >= 15 is 0 Å². The summed E-state index contributed by atoms with van der Waals surface area (Å²) in [6, 6.07) is 0. The molecule has 0 aromatic heterocycles. The fraction of sp³-hybridized carbons (Fsp3) is 0.857. The molecule has 3 fully saturated rings. The van der Waals surface area contributed by atoms with Crippen molar-refractivity contribution >= 4 is 5.78 Å². The van der Waals surface area contributed by atoms with E-state index in [1.807, 2.05) is 0 Å². The van der Waals surface area contributed by atoms with Crippen LogP contribution in [0.4, 0.5) is 0 Å². The second-order valence-corrected chi connectivity index (χ2v) is 9.12. The largest absolute Gasteiger partial charge is 0.359 e. The minimum Gasteiger partial charge on any atom is -0.359 e. The molecule has 3 heteroatoms. The first-order valence-corrected chi connectivity index (χ1v) is 9.82. The van der Waals surface area contributed by atoms with E-state index in [9.17, 15) is 4.79 Å². The number of rotatable bonds is 3. The molecule has 0 saturated heterocycles. The highest BCUT2D eigenvalue weighted by Crippen LogP contribution is 2.64. The lowest BCUT2D eigenvalue weighted by molar-refractivity contribution is -0.132. The zero-order valence-corrected chi connectivity index (χ0v) is 15.5. The van der Waals surface area contributed by atoms with Gasteiger partial charge in [-0.3, -0.25) is 4.79 Å². The minimum absolute atomic E-state index is 0.0123. The Labute approximate surface area is 146 Å². The molecule has 0 aromatic carbocycles. The van der Waals surface area contributed by atoms with E-state index in [2.05, 4.69) is 19.9 Å². The molecule has 0 spiro atoms. The summed E-state index contributed by atoms with van der Waals surface area (Å²) >= 11 is 0. The molecule has 0 amide bonds. The smallest absolute Gasteiger partial charge is 0.146 e. The highest BCUT2D eigenvalue weighted by atomic mass is 16.7. The van der Waals surface area contributed by atoms with Crippen molar-refractivity contribution in [3.05, 3.63) is 11.6 Å². The summed E-state index contributed by atoms with van der Waals surface area (Å²) in [5.74, 6) is 2.66. The molecule has 0 N–H and O–H groups in total. The Hall–Kier alpha value is -0.670. The zero-order valence-electron chi connectivity index (χ0n) is 15.5. The van der Waals surface area contributed by atoms with Crippen LogP contribution in [0, 0.1) is 28.6 Å². The maximum absolute atomic E-state index is 12.5. The third-order valence-electron chi connectivity index (χ3n) is 8.19. The van der Waals surface area contributed by atoms with Crippen LogP contribution in [0.1, 0.15) is 65.2 Å². The van der Waals surface area contributed by atoms with Crippen molar-refractivity contribution < 1.29 is 14.3 Å². The number of methoxy groups -OCH3 is 1. The molecule has 3 nitrogen and oxygen atoms in total. The highest BCUT2D eigenvalue weighted by Gasteiger charge is 2.58. The van der Waals surface area contributed by atoms with E-state index in [0.717, 1.165) is 43.9 Å². The lowest BCUT2D eigenvalue weighted by atomic mass is 9.48. The Balaban J connectivity index is 1.56. The van der Waals surface area contributed by atoms with Crippen LogP contribution in [0.25, 0.3) is 0 Å². The van der Waals surface area contributed by atoms with Gasteiger partial charge in [-0.25, -0.2) is 0 Å². The fourth-order valence-corrected chi connectivity index (χ4v) is 6.71. The van der Waals surface area contributed by atoms with Crippen LogP contribution in [0.2, 0.25) is 0 Å². The molecule has 6 atom stereocenters. The molecule has 4 rings (SSSR count). The van der Waals surface area contributed by atoms with Gasteiger partial charge in [0.15, 0.2) is 0 Å². The molecule has 0 bridgehead atoms. The Kier molecular flexibility index (Phi) is 4.16. The Morgan fingerprint density at radius 3 is 2.67 bits per heavy atom. The molecule has 0 heterocycles. The number of ether oxygens (including phenoxy) is 2. The summed E-state index contributed by atoms with van der Waals surface area (Å²) in [6.07, 6.45) is 11.8. The fourth-order valence-electron chi connectivity index (χ4n) is 6.71. The SMILES string of the molecule is COCOC1CCC2(C)C(=CCC3C4CCC(=O)C4(C)CCC32)C1. The van der Waals surface area contributed by atoms with Gasteiger partial charge in [-0.15, -0.1) is 0 Å². The summed E-state index contributed by atoms with van der Waals surface area (Å²) in [5, 5.41) is 0. The van der Waals surface area contributed by atoms with E-state index in [0.29, 0.717) is 30.0 Å². The predicted octanol–water partition coefficient (Wildman–Crippen LogP) is 4.51. The van der Waals surface area contributed by atoms with Gasteiger partial charge < -0.3 is 9.47 Å². The molecular formula is C21H32O3. The standard InChI is InChI=1S/C21H32O3/c1-20-10-8-15(24-13-23-3)12-14(20)4-5-16-17-6-7-19(22)21(17,2)11-9-18(16)20/h4,15-18H,5-13H2,1-3H3. The third-order valence-corrected chi connectivity index (χ3v) is 8.19. The molecule has 0 aliphatic heterocycles. The average molecular weight is 332 g/mol. The summed E-state index contributed by atoms with van der Waals surface area (Å²) < 4.78 is 10.9. The topological polar surface area (TPSA) is 35.5 Å². The molecule has 0 radical (unpaired) electrons. The molecule has 24 heavy (non-hydrogen) atoms. The average Bonchev–Trinajstić information content (AvgIpc) is 2.88. The number of Topliss-reactive ketones (excluding diaryl/α,β-unsaturated/α-hetero) is 1. The first kappa shape index (κ1) is 16.8. The molecule has 3 saturated carbocycles. The molecule has 0 aromatic rings. The number of allylic oxidation sites excluding steroid dienone is 1. The van der Waals surface area contributed by atoms with Crippen LogP contribution in [0.3, 0.4) is 0 Å². The molecular weight excluding hydrogens is 300 g/mol. The first-order valence-electron chi connectivity index (χ1n) is 9.82. The summed E-state index contributed by atoms with van der Waals surface area (Å²) in [4.78, 5) is 12.5. The van der Waals surface area contributed by atoms with E-state index in [1.54, 1.807) is 12.7 Å². The van der Waals surface area contributed by atoms with Gasteiger partial charge in [-0.1, -0.05) is 25.5 Å². The third kappa shape index (κ3) is 2.34. The van der Waals surface area contributed by atoms with Crippen LogP contribution < -0.4 is 0 Å². The second kappa shape index (κ2) is 5.95. The first-order chi connectivity index (χ1) is 11.5. The molecule has 4 aliphatic carbocycles. The maximum Gasteiger partial charge on any atom is 0.146 e. The van der Waals surface area contributed by atoms with Crippen LogP contribution >= 0.6 is 0 Å². The van der Waals surface area contributed by atoms with Crippen LogP contribution in [0.15, 0.2) is 11.6 Å². The highest BCUT2D eigenvalue weighted by molar-refractivity contribution is 5.87. The Morgan fingerprint density at radius 1 is 1.12 bits per heavy atom. The monoisotopic (exact) mass is 332 g/mol. The van der Waals surface area contributed by atoms with Crippen molar-refractivity contribution in [1.29, 1.82) is 0 Å². The number of hydrogen-bond acceptors (Lipinski definition) is 3. The second-order valence-electron chi connectivity index (χ2n) is 9.12. The number of ketones is 1. The van der Waals surface area contributed by atoms with Crippen molar-refractivity contribution in [3.8, 4) is 0 Å². The van der Waals surface area contributed by atoms with Crippen molar-refractivity contribution in [2.24, 2.45) is 28.6 Å². The van der Waals surface area contributed by atoms with Gasteiger partial charge in [0, 0.05) is 18.9 Å². The predicted molar refractivity (Wildman–Crippen MR) is 93.5 cm³/mol. The van der Waals surface area contributed by atoms with Crippen LogP contribution in [-0.2, 0) is 14.3 Å². The summed E-state index contributed by atoms with van der Waals surface area (Å²) in [5.41, 5.74) is 1.95. The Morgan fingerprint density at radius 2 is 1.88 bits per heavy atom. The maximum atomic E-state index is 12.5. The van der Waals surface area contributed by atoms with Crippen molar-refractivity contribution in [3.63, 3.8) is 0 Å². The number of hydrogen-bond donors (Lipinski definition) is 0. The van der Waals surface area contributed by atoms with E-state index in [4.69, 9.17) is 9.47 Å². The zero-order chi connectivity index (χ0) is 16.9. The lowest BCUT2D eigenvalue weighted by Crippen LogP contribution is -2.50. The van der Waals surface area contributed by atoms with Gasteiger partial charge in [0.1, 0.15) is 12.6 Å². The quantitative estimate of drug-likeness (QED) is 0.563. The molecule has 134 valence electrons. The molecule has 6 unspecified atom stereocenters. The van der Waals surface area contributed by atoms with E-state index in [-0.39, 0.29) is 5.41 Å². The number of carbonyl (C=O) groups excluding carboxylic acids is 1. The van der Waals surface area contributed by atoms with Gasteiger partial charge in [0.25, 0.3) is 0 Å². The van der Waals surface area contributed by atoms with E-state index in [1.165, 1.54) is 19.3 Å². The van der Waals surface area contributed by atoms with Crippen LogP contribution in [-0.4, -0.2) is 25.8 Å². The van der Waals surface area contributed by atoms with Crippen molar-refractivity contribution in [1.82, 2.24) is 0 Å². The Bertz CT molecular complexity index is 553. The minimum atomic E-state index is -0.0123. The normalized spacial score (nSPS) is 47.6. The van der Waals surface area contributed by atoms with Gasteiger partial charge in [0.2, 0.25) is 0 Å². The van der Waals surface area contributed by atoms with Gasteiger partial charge in [0.05, 0.1) is 6.10 Å². The number of carbonyl (C=O) groups is 1. The van der Waals surface area contributed by atoms with Crippen molar-refractivity contribution in [2.75, 3.05) is 13.9 Å². The van der Waals surface area contributed by atoms with Crippen LogP contribution in [0.5, 0.6) is 0 Å². The lowest BCUT2D eigenvalue weighted by Gasteiger charge is -2.57. The van der Waals surface area contributed by atoms with E-state index < -0.39 is 0 Å². The van der Waals surface area contributed by atoms with Crippen molar-refractivity contribution in [2.45, 2.75) is 71.3 Å². The molecule has 4 aliphatic rings.